The predicted molar refractivity (Wildman–Crippen MR) is 129 cm³/mol. The number of carbonyl (C=O) groups is 2. The number of hydrogen-bond donors (Lipinski definition) is 4. The van der Waals surface area contributed by atoms with Crippen LogP contribution in [0.1, 0.15) is 22.8 Å². The summed E-state index contributed by atoms with van der Waals surface area (Å²) in [6, 6.07) is 22.9. The van der Waals surface area contributed by atoms with Crippen LogP contribution in [0.5, 0.6) is 5.75 Å². The number of hydrogen-bond acceptors (Lipinski definition) is 5. The SMILES string of the molecule is C=C(NNC(=O)c1cc(-c2ccccc2O)nc2ccccc12)c1ccc(NC(C)=O)cc1. The van der Waals surface area contributed by atoms with Crippen molar-refractivity contribution in [3.8, 4) is 17.0 Å². The van der Waals surface area contributed by atoms with E-state index >= 15 is 0 Å². The maximum atomic E-state index is 13.1. The van der Waals surface area contributed by atoms with Gasteiger partial charge in [-0.05, 0) is 42.0 Å². The minimum Gasteiger partial charge on any atom is -0.507 e. The van der Waals surface area contributed by atoms with Gasteiger partial charge < -0.3 is 10.4 Å². The lowest BCUT2D eigenvalue weighted by atomic mass is 10.0. The molecule has 0 saturated carbocycles. The minimum absolute atomic E-state index is 0.0841. The molecule has 7 nitrogen and oxygen atoms in total. The Morgan fingerprint density at radius 2 is 1.61 bits per heavy atom. The third-order valence-corrected chi connectivity index (χ3v) is 5.02. The Balaban J connectivity index is 1.57. The maximum Gasteiger partial charge on any atom is 0.270 e. The average Bonchev–Trinajstić information content (AvgIpc) is 2.82. The van der Waals surface area contributed by atoms with Crippen molar-refractivity contribution >= 4 is 34.1 Å². The third-order valence-electron chi connectivity index (χ3n) is 5.02. The third kappa shape index (κ3) is 4.83. The lowest BCUT2D eigenvalue weighted by Crippen LogP contribution is -2.36. The van der Waals surface area contributed by atoms with Crippen LogP contribution in [0.2, 0.25) is 0 Å². The number of nitrogens with zero attached hydrogens (tertiary/aromatic N) is 1. The van der Waals surface area contributed by atoms with Crippen LogP contribution in [0, 0.1) is 0 Å². The van der Waals surface area contributed by atoms with Crippen LogP contribution < -0.4 is 16.2 Å². The number of aromatic nitrogens is 1. The molecule has 4 N–H and O–H groups in total. The number of fused-ring (bicyclic) bond motifs is 1. The molecule has 0 bridgehead atoms. The number of para-hydroxylation sites is 2. The number of pyridine rings is 1. The fourth-order valence-electron chi connectivity index (χ4n) is 3.42. The van der Waals surface area contributed by atoms with Crippen molar-refractivity contribution in [3.63, 3.8) is 0 Å². The first-order chi connectivity index (χ1) is 15.9. The molecule has 3 aromatic carbocycles. The first-order valence-corrected chi connectivity index (χ1v) is 10.2. The smallest absolute Gasteiger partial charge is 0.270 e. The van der Waals surface area contributed by atoms with Crippen LogP contribution in [0.4, 0.5) is 5.69 Å². The minimum atomic E-state index is -0.374. The molecule has 0 spiro atoms. The van der Waals surface area contributed by atoms with E-state index in [1.165, 1.54) is 6.92 Å². The van der Waals surface area contributed by atoms with Gasteiger partial charge in [0.05, 0.1) is 22.5 Å². The van der Waals surface area contributed by atoms with E-state index in [1.807, 2.05) is 24.3 Å². The highest BCUT2D eigenvalue weighted by Crippen LogP contribution is 2.30. The van der Waals surface area contributed by atoms with Crippen molar-refractivity contribution < 1.29 is 14.7 Å². The highest BCUT2D eigenvalue weighted by molar-refractivity contribution is 6.07. The molecular formula is C26H22N4O3. The molecule has 1 aromatic heterocycles. The zero-order valence-electron chi connectivity index (χ0n) is 17.9. The molecule has 0 unspecified atom stereocenters. The van der Waals surface area contributed by atoms with E-state index in [0.717, 1.165) is 5.56 Å². The second-order valence-electron chi connectivity index (χ2n) is 7.41. The largest absolute Gasteiger partial charge is 0.507 e. The van der Waals surface area contributed by atoms with E-state index < -0.39 is 0 Å². The summed E-state index contributed by atoms with van der Waals surface area (Å²) >= 11 is 0. The number of benzene rings is 3. The second kappa shape index (κ2) is 9.23. The number of rotatable bonds is 6. The molecular weight excluding hydrogens is 416 g/mol. The maximum absolute atomic E-state index is 13.1. The summed E-state index contributed by atoms with van der Waals surface area (Å²) in [7, 11) is 0. The molecule has 0 fully saturated rings. The van der Waals surface area contributed by atoms with E-state index in [0.29, 0.717) is 39.1 Å². The Kier molecular flexibility index (Phi) is 6.04. The van der Waals surface area contributed by atoms with Gasteiger partial charge in [0.1, 0.15) is 5.75 Å². The number of nitrogens with one attached hydrogen (secondary N) is 3. The molecule has 4 aromatic rings. The first kappa shape index (κ1) is 21.6. The van der Waals surface area contributed by atoms with Crippen LogP contribution in [0.15, 0.2) is 85.4 Å². The van der Waals surface area contributed by atoms with E-state index in [4.69, 9.17) is 0 Å². The number of amides is 2. The number of aromatic hydroxyl groups is 1. The highest BCUT2D eigenvalue weighted by atomic mass is 16.3. The van der Waals surface area contributed by atoms with E-state index in [-0.39, 0.29) is 17.6 Å². The predicted octanol–water partition coefficient (Wildman–Crippen LogP) is 4.47. The van der Waals surface area contributed by atoms with Gasteiger partial charge in [-0.15, -0.1) is 0 Å². The van der Waals surface area contributed by atoms with Crippen molar-refractivity contribution in [2.24, 2.45) is 0 Å². The number of carbonyl (C=O) groups excluding carboxylic acids is 2. The Morgan fingerprint density at radius 3 is 2.33 bits per heavy atom. The molecule has 0 aliphatic carbocycles. The topological polar surface area (TPSA) is 103 Å². The van der Waals surface area contributed by atoms with Gasteiger partial charge >= 0.3 is 0 Å². The molecule has 0 atom stereocenters. The van der Waals surface area contributed by atoms with Crippen molar-refractivity contribution in [1.29, 1.82) is 0 Å². The molecule has 0 aliphatic heterocycles. The lowest BCUT2D eigenvalue weighted by Gasteiger charge is -2.14. The molecule has 4 rings (SSSR count). The van der Waals surface area contributed by atoms with Crippen molar-refractivity contribution in [2.45, 2.75) is 6.92 Å². The van der Waals surface area contributed by atoms with Crippen LogP contribution in [-0.2, 0) is 4.79 Å². The lowest BCUT2D eigenvalue weighted by molar-refractivity contribution is -0.114. The highest BCUT2D eigenvalue weighted by Gasteiger charge is 2.15. The summed E-state index contributed by atoms with van der Waals surface area (Å²) in [5, 5.41) is 13.6. The molecule has 0 radical (unpaired) electrons. The molecule has 7 heteroatoms. The number of phenols is 1. The van der Waals surface area contributed by atoms with Gasteiger partial charge in [0.15, 0.2) is 0 Å². The van der Waals surface area contributed by atoms with Crippen LogP contribution in [-0.4, -0.2) is 21.9 Å². The summed E-state index contributed by atoms with van der Waals surface area (Å²) in [6.07, 6.45) is 0. The zero-order chi connectivity index (χ0) is 23.4. The standard InChI is InChI=1S/C26H22N4O3/c1-16(18-11-13-19(14-12-18)27-17(2)31)29-30-26(33)22-15-24(21-8-4-6-10-25(21)32)28-23-9-5-3-7-20(22)23/h3-15,29,32H,1H2,2H3,(H,27,31)(H,30,33). The van der Waals surface area contributed by atoms with Gasteiger partial charge in [-0.2, -0.15) is 0 Å². The Bertz CT molecular complexity index is 1360. The molecule has 164 valence electrons. The Labute approximate surface area is 190 Å². The number of hydrazine groups is 1. The normalized spacial score (nSPS) is 10.5. The van der Waals surface area contributed by atoms with Gasteiger partial charge in [-0.25, -0.2) is 4.98 Å². The number of anilines is 1. The van der Waals surface area contributed by atoms with E-state index in [2.05, 4.69) is 27.7 Å². The zero-order valence-corrected chi connectivity index (χ0v) is 17.9. The Morgan fingerprint density at radius 1 is 0.909 bits per heavy atom. The monoisotopic (exact) mass is 438 g/mol. The Hall–Kier alpha value is -4.65. The second-order valence-corrected chi connectivity index (χ2v) is 7.41. The van der Waals surface area contributed by atoms with E-state index in [9.17, 15) is 14.7 Å². The molecule has 1 heterocycles. The van der Waals surface area contributed by atoms with Gasteiger partial charge in [0.25, 0.3) is 5.91 Å². The molecule has 0 saturated heterocycles. The van der Waals surface area contributed by atoms with Crippen LogP contribution >= 0.6 is 0 Å². The first-order valence-electron chi connectivity index (χ1n) is 10.2. The fourth-order valence-corrected chi connectivity index (χ4v) is 3.42. The summed E-state index contributed by atoms with van der Waals surface area (Å²) in [5.74, 6) is -0.443. The van der Waals surface area contributed by atoms with Gasteiger partial charge in [0, 0.05) is 23.6 Å². The van der Waals surface area contributed by atoms with Crippen molar-refractivity contribution in [2.75, 3.05) is 5.32 Å². The van der Waals surface area contributed by atoms with Crippen LogP contribution in [0.3, 0.4) is 0 Å². The number of phenolic OH excluding ortho intramolecular Hbond substituents is 1. The van der Waals surface area contributed by atoms with Crippen LogP contribution in [0.25, 0.3) is 27.9 Å². The van der Waals surface area contributed by atoms with E-state index in [1.54, 1.807) is 54.6 Å². The molecule has 33 heavy (non-hydrogen) atoms. The summed E-state index contributed by atoms with van der Waals surface area (Å²) in [5.41, 5.74) is 9.49. The summed E-state index contributed by atoms with van der Waals surface area (Å²) < 4.78 is 0. The van der Waals surface area contributed by atoms with Gasteiger partial charge in [0.2, 0.25) is 5.91 Å². The molecule has 0 aliphatic rings. The average molecular weight is 438 g/mol. The van der Waals surface area contributed by atoms with Gasteiger partial charge in [-0.1, -0.05) is 49.0 Å². The molecule has 2 amide bonds. The van der Waals surface area contributed by atoms with Crippen molar-refractivity contribution in [3.05, 3.63) is 96.6 Å². The quantitative estimate of drug-likeness (QED) is 0.333. The summed E-state index contributed by atoms with van der Waals surface area (Å²) in [6.45, 7) is 5.40. The van der Waals surface area contributed by atoms with Crippen molar-refractivity contribution in [1.82, 2.24) is 15.8 Å². The fraction of sp³-hybridized carbons (Fsp3) is 0.0385. The van der Waals surface area contributed by atoms with Gasteiger partial charge in [-0.3, -0.25) is 20.4 Å². The summed E-state index contributed by atoms with van der Waals surface area (Å²) in [4.78, 5) is 28.9.